The van der Waals surface area contributed by atoms with Gasteiger partial charge in [-0.15, -0.1) is 12.4 Å². The molecule has 0 radical (unpaired) electrons. The van der Waals surface area contributed by atoms with E-state index in [4.69, 9.17) is 5.73 Å². The van der Waals surface area contributed by atoms with Crippen molar-refractivity contribution in [2.24, 2.45) is 11.5 Å². The number of hydrogen-bond donors (Lipinski definition) is 2. The molecular weight excluding hydrogens is 304 g/mol. The van der Waals surface area contributed by atoms with Gasteiger partial charge in [-0.3, -0.25) is 4.79 Å². The Morgan fingerprint density at radius 3 is 1.81 bits per heavy atom. The number of halogens is 1. The Kier molecular flexibility index (Phi) is 17.9. The van der Waals surface area contributed by atoms with Crippen LogP contribution in [0.15, 0.2) is 0 Å². The highest BCUT2D eigenvalue weighted by atomic mass is 35.5. The Morgan fingerprint density at radius 1 is 0.762 bits per heavy atom. The van der Waals surface area contributed by atoms with E-state index in [2.05, 4.69) is 25.6 Å². The summed E-state index contributed by atoms with van der Waals surface area (Å²) in [5.74, 6) is -0.225. The van der Waals surface area contributed by atoms with Gasteiger partial charge in [0, 0.05) is 11.5 Å². The fraction of sp³-hybridized carbons (Fsp3) is 0.833. The average Bonchev–Trinajstić information content (AvgIpc) is 2.38. The summed E-state index contributed by atoms with van der Waals surface area (Å²) >= 11 is 0. The van der Waals surface area contributed by atoms with Crippen LogP contribution < -0.4 is 11.5 Å². The van der Waals surface area contributed by atoms with Crippen molar-refractivity contribution in [1.82, 2.24) is 0 Å². The Morgan fingerprint density at radius 2 is 1.29 bits per heavy atom. The molecule has 0 unspecified atom stereocenters. The van der Waals surface area contributed by atoms with Gasteiger partial charge in [-0.1, -0.05) is 38.5 Å². The van der Waals surface area contributed by atoms with Crippen LogP contribution in [-0.4, -0.2) is 18.6 Å². The first-order valence-electron chi connectivity index (χ1n) is 6.83. The topological polar surface area (TPSA) is 123 Å². The third kappa shape index (κ3) is 21.4. The smallest absolute Gasteiger partial charge is 0.370 e. The second-order valence-corrected chi connectivity index (χ2v) is 4.41. The summed E-state index contributed by atoms with van der Waals surface area (Å²) in [5, 5.41) is 7.94. The van der Waals surface area contributed by atoms with E-state index in [0.717, 1.165) is 51.4 Å². The minimum atomic E-state index is -1.11. The Labute approximate surface area is 130 Å². The van der Waals surface area contributed by atoms with Crippen LogP contribution in [0.2, 0.25) is 0 Å². The van der Waals surface area contributed by atoms with Crippen molar-refractivity contribution in [3.8, 4) is 0 Å². The molecule has 0 heterocycles. The van der Waals surface area contributed by atoms with Crippen LogP contribution in [0.4, 0.5) is 4.79 Å². The maximum atomic E-state index is 10.5. The summed E-state index contributed by atoms with van der Waals surface area (Å²) in [6, 6.07) is 0. The van der Waals surface area contributed by atoms with Gasteiger partial charge < -0.3 is 11.5 Å². The fourth-order valence-electron chi connectivity index (χ4n) is 1.62. The molecule has 0 aromatic carbocycles. The predicted molar refractivity (Wildman–Crippen MR) is 76.8 cm³/mol. The zero-order valence-corrected chi connectivity index (χ0v) is 12.9. The molecule has 0 atom stereocenters. The molecule has 0 aliphatic heterocycles. The van der Waals surface area contributed by atoms with E-state index in [1.54, 1.807) is 0 Å². The summed E-state index contributed by atoms with van der Waals surface area (Å²) < 4.78 is 0. The lowest BCUT2D eigenvalue weighted by molar-refractivity contribution is -0.615. The van der Waals surface area contributed by atoms with Crippen molar-refractivity contribution >= 4 is 24.4 Å². The summed E-state index contributed by atoms with van der Waals surface area (Å²) in [6.45, 7) is 0.348. The SMILES string of the molecule is Cl.NC(=O)CCCCCCCCCCOOOOC(N)=O. The molecule has 4 N–H and O–H groups in total. The lowest BCUT2D eigenvalue weighted by atomic mass is 10.1. The number of carbonyl (C=O) groups excluding carboxylic acids is 2. The van der Waals surface area contributed by atoms with Crippen molar-refractivity contribution in [1.29, 1.82) is 0 Å². The summed E-state index contributed by atoms with van der Waals surface area (Å²) in [5.41, 5.74) is 9.65. The molecule has 8 nitrogen and oxygen atoms in total. The van der Waals surface area contributed by atoms with Crippen LogP contribution in [0, 0.1) is 0 Å². The van der Waals surface area contributed by atoms with E-state index in [9.17, 15) is 9.59 Å². The number of hydrogen-bond acceptors (Lipinski definition) is 6. The molecule has 9 heteroatoms. The van der Waals surface area contributed by atoms with Crippen LogP contribution in [0.25, 0.3) is 0 Å². The van der Waals surface area contributed by atoms with E-state index in [1.165, 1.54) is 0 Å². The molecule has 0 spiro atoms. The van der Waals surface area contributed by atoms with Crippen LogP contribution >= 0.6 is 12.4 Å². The number of primary amides is 2. The number of unbranched alkanes of at least 4 members (excludes halogenated alkanes) is 7. The van der Waals surface area contributed by atoms with Crippen molar-refractivity contribution in [2.45, 2.75) is 57.8 Å². The zero-order valence-electron chi connectivity index (χ0n) is 12.1. The number of carbonyl (C=O) groups is 2. The Bertz CT molecular complexity index is 242. The normalized spacial score (nSPS) is 9.90. The standard InChI is InChI=1S/C12H24N2O6.ClH/c13-11(15)9-7-5-3-1-2-4-6-8-10-17-19-20-18-12(14)16;/h1-10H2,(H2,13,15)(H2,14,16);1H. The summed E-state index contributed by atoms with van der Waals surface area (Å²) in [4.78, 5) is 28.9. The van der Waals surface area contributed by atoms with Gasteiger partial charge >= 0.3 is 6.09 Å². The molecule has 0 aliphatic rings. The minimum Gasteiger partial charge on any atom is -0.370 e. The van der Waals surface area contributed by atoms with Gasteiger partial charge in [-0.25, -0.2) is 14.6 Å². The first-order valence-corrected chi connectivity index (χ1v) is 6.83. The summed E-state index contributed by atoms with van der Waals surface area (Å²) in [6.07, 6.45) is 7.70. The van der Waals surface area contributed by atoms with Crippen LogP contribution in [0.5, 0.6) is 0 Å². The largest absolute Gasteiger partial charge is 0.439 e. The monoisotopic (exact) mass is 328 g/mol. The minimum absolute atomic E-state index is 0. The van der Waals surface area contributed by atoms with E-state index in [1.807, 2.05) is 0 Å². The van der Waals surface area contributed by atoms with E-state index in [-0.39, 0.29) is 18.3 Å². The molecule has 0 saturated carbocycles. The Hall–Kier alpha value is -1.09. The first kappa shape index (κ1) is 22.2. The molecule has 0 rings (SSSR count). The molecule has 0 fully saturated rings. The van der Waals surface area contributed by atoms with Gasteiger partial charge in [0.2, 0.25) is 5.91 Å². The molecule has 21 heavy (non-hydrogen) atoms. The third-order valence-electron chi connectivity index (χ3n) is 2.59. The number of amides is 2. The second kappa shape index (κ2) is 17.0. The van der Waals surface area contributed by atoms with Gasteiger partial charge in [0.05, 0.1) is 6.61 Å². The maximum absolute atomic E-state index is 10.5. The van der Waals surface area contributed by atoms with Gasteiger partial charge in [0.25, 0.3) is 0 Å². The average molecular weight is 329 g/mol. The number of rotatable bonds is 14. The highest BCUT2D eigenvalue weighted by Crippen LogP contribution is 2.09. The highest BCUT2D eigenvalue weighted by molar-refractivity contribution is 5.85. The maximum Gasteiger partial charge on any atom is 0.439 e. The van der Waals surface area contributed by atoms with E-state index < -0.39 is 6.09 Å². The van der Waals surface area contributed by atoms with Gasteiger partial charge in [0.15, 0.2) is 0 Å². The van der Waals surface area contributed by atoms with Crippen molar-refractivity contribution in [3.63, 3.8) is 0 Å². The summed E-state index contributed by atoms with van der Waals surface area (Å²) in [7, 11) is 0. The molecule has 0 aromatic rings. The number of nitrogens with two attached hydrogens (primary N) is 2. The van der Waals surface area contributed by atoms with Crippen molar-refractivity contribution in [3.05, 3.63) is 0 Å². The fourth-order valence-corrected chi connectivity index (χ4v) is 1.62. The van der Waals surface area contributed by atoms with Crippen LogP contribution in [-0.2, 0) is 24.6 Å². The molecule has 126 valence electrons. The molecule has 0 saturated heterocycles. The Balaban J connectivity index is 0. The molecule has 2 amide bonds. The van der Waals surface area contributed by atoms with Gasteiger partial charge in [0.1, 0.15) is 0 Å². The lowest BCUT2D eigenvalue weighted by Crippen LogP contribution is -2.13. The first-order chi connectivity index (χ1) is 9.63. The molecule has 0 bridgehead atoms. The van der Waals surface area contributed by atoms with E-state index in [0.29, 0.717) is 13.0 Å². The van der Waals surface area contributed by atoms with Crippen LogP contribution in [0.3, 0.4) is 0 Å². The third-order valence-corrected chi connectivity index (χ3v) is 2.59. The zero-order chi connectivity index (χ0) is 15.1. The van der Waals surface area contributed by atoms with Crippen molar-refractivity contribution < 1.29 is 29.4 Å². The highest BCUT2D eigenvalue weighted by Gasteiger charge is 1.97. The van der Waals surface area contributed by atoms with Gasteiger partial charge in [-0.05, 0) is 17.9 Å². The van der Waals surface area contributed by atoms with E-state index >= 15 is 0 Å². The quantitative estimate of drug-likeness (QED) is 0.286. The van der Waals surface area contributed by atoms with Crippen LogP contribution in [0.1, 0.15) is 57.8 Å². The molecule has 0 aromatic heterocycles. The predicted octanol–water partition coefficient (Wildman–Crippen LogP) is 2.29. The lowest BCUT2D eigenvalue weighted by Gasteiger charge is -2.02. The molecule has 0 aliphatic carbocycles. The van der Waals surface area contributed by atoms with Gasteiger partial charge in [-0.2, -0.15) is 0 Å². The van der Waals surface area contributed by atoms with Crippen molar-refractivity contribution in [2.75, 3.05) is 6.61 Å². The second-order valence-electron chi connectivity index (χ2n) is 4.41. The molecular formula is C12H25ClN2O6.